The van der Waals surface area contributed by atoms with E-state index < -0.39 is 0 Å². The molecule has 27 heavy (non-hydrogen) atoms. The zero-order valence-corrected chi connectivity index (χ0v) is 16.0. The van der Waals surface area contributed by atoms with Gasteiger partial charge in [-0.05, 0) is 49.8 Å². The van der Waals surface area contributed by atoms with Gasteiger partial charge in [-0.3, -0.25) is 10.1 Å². The minimum absolute atomic E-state index is 0. The van der Waals surface area contributed by atoms with Crippen molar-refractivity contribution in [1.82, 2.24) is 9.55 Å². The summed E-state index contributed by atoms with van der Waals surface area (Å²) in [7, 11) is 0. The van der Waals surface area contributed by atoms with Gasteiger partial charge in [0.15, 0.2) is 0 Å². The number of hydrogen-bond acceptors (Lipinski definition) is 4. The second-order valence-electron chi connectivity index (χ2n) is 8.10. The number of nitrogens with zero attached hydrogens (tertiary/aromatic N) is 2. The summed E-state index contributed by atoms with van der Waals surface area (Å²) in [5.74, 6) is 0.188. The van der Waals surface area contributed by atoms with E-state index in [0.29, 0.717) is 30.6 Å². The summed E-state index contributed by atoms with van der Waals surface area (Å²) >= 11 is 0. The average Bonchev–Trinajstić information content (AvgIpc) is 2.81. The second kappa shape index (κ2) is 8.11. The van der Waals surface area contributed by atoms with Gasteiger partial charge in [0, 0.05) is 12.5 Å². The van der Waals surface area contributed by atoms with Crippen molar-refractivity contribution in [2.24, 2.45) is 5.41 Å². The smallest absolute Gasteiger partial charge is 0.338 e. The molecular weight excluding hydrogens is 342 g/mol. The molecular formula is C21H31N3O3. The number of anilines is 1. The van der Waals surface area contributed by atoms with Crippen LogP contribution in [0.2, 0.25) is 0 Å². The fourth-order valence-corrected chi connectivity index (χ4v) is 3.19. The van der Waals surface area contributed by atoms with Gasteiger partial charge >= 0.3 is 5.97 Å². The molecule has 1 saturated carbocycles. The lowest BCUT2D eigenvalue weighted by atomic mass is 9.92. The number of rotatable bonds is 5. The monoisotopic (exact) mass is 373 g/mol. The predicted molar refractivity (Wildman–Crippen MR) is 108 cm³/mol. The lowest BCUT2D eigenvalue weighted by Gasteiger charge is -2.29. The highest BCUT2D eigenvalue weighted by molar-refractivity contribution is 5.96. The van der Waals surface area contributed by atoms with Gasteiger partial charge in [-0.25, -0.2) is 9.78 Å². The molecule has 1 aromatic heterocycles. The number of ether oxygens (including phenoxy) is 1. The van der Waals surface area contributed by atoms with Crippen LogP contribution in [0.5, 0.6) is 0 Å². The Balaban J connectivity index is 0.00000261. The Hall–Kier alpha value is -2.37. The number of nitrogens with one attached hydrogen (secondary N) is 1. The molecule has 0 atom stereocenters. The van der Waals surface area contributed by atoms with Crippen molar-refractivity contribution in [3.8, 4) is 0 Å². The van der Waals surface area contributed by atoms with Crippen LogP contribution in [0.15, 0.2) is 18.2 Å². The Morgan fingerprint density at radius 1 is 1.30 bits per heavy atom. The van der Waals surface area contributed by atoms with E-state index in [1.165, 1.54) is 0 Å². The number of carbonyl (C=O) groups excluding carboxylic acids is 2. The summed E-state index contributed by atoms with van der Waals surface area (Å²) in [6.45, 7) is 8.23. The number of aromatic nitrogens is 2. The number of esters is 1. The maximum absolute atomic E-state index is 12.4. The van der Waals surface area contributed by atoms with Gasteiger partial charge in [-0.15, -0.1) is 0 Å². The highest BCUT2D eigenvalue weighted by atomic mass is 16.5. The number of benzene rings is 1. The second-order valence-corrected chi connectivity index (χ2v) is 8.10. The third-order valence-electron chi connectivity index (χ3n) is 4.58. The number of imidazole rings is 1. The summed E-state index contributed by atoms with van der Waals surface area (Å²) in [6.07, 6.45) is 3.70. The SMILES string of the molecule is C.CCOC(=O)c1ccc2nc(NC(=O)CC(C)(C)C)n(C3CCC3)c2c1. The molecule has 0 spiro atoms. The van der Waals surface area contributed by atoms with Crippen LogP contribution < -0.4 is 5.32 Å². The molecule has 1 aromatic carbocycles. The van der Waals surface area contributed by atoms with E-state index in [0.717, 1.165) is 30.3 Å². The van der Waals surface area contributed by atoms with E-state index in [2.05, 4.69) is 14.9 Å². The van der Waals surface area contributed by atoms with Crippen molar-refractivity contribution in [3.63, 3.8) is 0 Å². The molecule has 0 radical (unpaired) electrons. The molecule has 6 nitrogen and oxygen atoms in total. The maximum Gasteiger partial charge on any atom is 0.338 e. The molecule has 1 aliphatic carbocycles. The van der Waals surface area contributed by atoms with Crippen molar-refractivity contribution in [1.29, 1.82) is 0 Å². The fraction of sp³-hybridized carbons (Fsp3) is 0.571. The molecule has 0 bridgehead atoms. The average molecular weight is 373 g/mol. The number of hydrogen-bond donors (Lipinski definition) is 1. The topological polar surface area (TPSA) is 73.2 Å². The van der Waals surface area contributed by atoms with Crippen LogP contribution in [0.1, 0.15) is 77.2 Å². The largest absolute Gasteiger partial charge is 0.462 e. The molecule has 1 N–H and O–H groups in total. The van der Waals surface area contributed by atoms with Gasteiger partial charge < -0.3 is 9.30 Å². The van der Waals surface area contributed by atoms with Gasteiger partial charge in [-0.1, -0.05) is 28.2 Å². The minimum Gasteiger partial charge on any atom is -0.462 e. The number of fused-ring (bicyclic) bond motifs is 1. The van der Waals surface area contributed by atoms with Gasteiger partial charge in [0.05, 0.1) is 23.2 Å². The third-order valence-corrected chi connectivity index (χ3v) is 4.58. The quantitative estimate of drug-likeness (QED) is 0.753. The first-order chi connectivity index (χ1) is 12.3. The van der Waals surface area contributed by atoms with Gasteiger partial charge in [0.2, 0.25) is 11.9 Å². The number of amides is 1. The van der Waals surface area contributed by atoms with Crippen LogP contribution in [-0.2, 0) is 9.53 Å². The first kappa shape index (κ1) is 20.9. The van der Waals surface area contributed by atoms with Crippen LogP contribution >= 0.6 is 0 Å². The molecule has 1 heterocycles. The Morgan fingerprint density at radius 2 is 2.00 bits per heavy atom. The van der Waals surface area contributed by atoms with E-state index in [1.807, 2.05) is 32.9 Å². The first-order valence-electron chi connectivity index (χ1n) is 9.27. The molecule has 3 rings (SSSR count). The van der Waals surface area contributed by atoms with Crippen LogP contribution in [0.4, 0.5) is 5.95 Å². The van der Waals surface area contributed by atoms with Crippen molar-refractivity contribution in [3.05, 3.63) is 23.8 Å². The Kier molecular flexibility index (Phi) is 6.29. The summed E-state index contributed by atoms with van der Waals surface area (Å²) in [6, 6.07) is 5.66. The summed E-state index contributed by atoms with van der Waals surface area (Å²) < 4.78 is 7.18. The summed E-state index contributed by atoms with van der Waals surface area (Å²) in [4.78, 5) is 29.1. The molecule has 1 amide bonds. The van der Waals surface area contributed by atoms with E-state index >= 15 is 0 Å². The van der Waals surface area contributed by atoms with Crippen LogP contribution in [0.25, 0.3) is 11.0 Å². The summed E-state index contributed by atoms with van der Waals surface area (Å²) in [5, 5.41) is 2.98. The predicted octanol–water partition coefficient (Wildman–Crippen LogP) is 4.95. The summed E-state index contributed by atoms with van der Waals surface area (Å²) in [5.41, 5.74) is 2.06. The molecule has 148 valence electrons. The Bertz CT molecular complexity index is 829. The van der Waals surface area contributed by atoms with Crippen molar-refractivity contribution in [2.75, 3.05) is 11.9 Å². The van der Waals surface area contributed by atoms with Gasteiger partial charge in [-0.2, -0.15) is 0 Å². The highest BCUT2D eigenvalue weighted by Gasteiger charge is 2.27. The zero-order chi connectivity index (χ0) is 18.9. The fourth-order valence-electron chi connectivity index (χ4n) is 3.19. The molecule has 0 unspecified atom stereocenters. The van der Waals surface area contributed by atoms with E-state index in [9.17, 15) is 9.59 Å². The van der Waals surface area contributed by atoms with E-state index in [1.54, 1.807) is 13.0 Å². The first-order valence-corrected chi connectivity index (χ1v) is 9.27. The molecule has 0 aliphatic heterocycles. The molecule has 1 fully saturated rings. The molecule has 6 heteroatoms. The lowest BCUT2D eigenvalue weighted by Crippen LogP contribution is -2.24. The standard InChI is InChI=1S/C20H27N3O3.CH4/c1-5-26-18(25)13-9-10-15-16(11-13)23(14-7-6-8-14)19(21-15)22-17(24)12-20(2,3)4;/h9-11,14H,5-8,12H2,1-4H3,(H,21,22,24);1H4. The Morgan fingerprint density at radius 3 is 2.56 bits per heavy atom. The Labute approximate surface area is 161 Å². The maximum atomic E-state index is 12.4. The minimum atomic E-state index is -0.339. The van der Waals surface area contributed by atoms with Gasteiger partial charge in [0.1, 0.15) is 0 Å². The van der Waals surface area contributed by atoms with Crippen LogP contribution in [0, 0.1) is 5.41 Å². The third kappa shape index (κ3) is 4.67. The zero-order valence-electron chi connectivity index (χ0n) is 16.0. The highest BCUT2D eigenvalue weighted by Crippen LogP contribution is 2.37. The molecule has 0 saturated heterocycles. The van der Waals surface area contributed by atoms with Crippen LogP contribution in [-0.4, -0.2) is 28.0 Å². The molecule has 2 aromatic rings. The molecule has 1 aliphatic rings. The normalized spacial score (nSPS) is 14.4. The van der Waals surface area contributed by atoms with Crippen molar-refractivity contribution in [2.45, 2.75) is 66.8 Å². The van der Waals surface area contributed by atoms with Crippen molar-refractivity contribution >= 4 is 28.9 Å². The van der Waals surface area contributed by atoms with E-state index in [4.69, 9.17) is 4.74 Å². The number of carbonyl (C=O) groups is 2. The van der Waals surface area contributed by atoms with Crippen LogP contribution in [0.3, 0.4) is 0 Å². The van der Waals surface area contributed by atoms with E-state index in [-0.39, 0.29) is 24.7 Å². The van der Waals surface area contributed by atoms with Crippen molar-refractivity contribution < 1.29 is 14.3 Å². The van der Waals surface area contributed by atoms with Gasteiger partial charge in [0.25, 0.3) is 0 Å². The lowest BCUT2D eigenvalue weighted by molar-refractivity contribution is -0.117.